The Morgan fingerprint density at radius 2 is 2.47 bits per heavy atom. The van der Waals surface area contributed by atoms with Crippen molar-refractivity contribution in [1.29, 1.82) is 0 Å². The molecule has 2 aromatic rings. The van der Waals surface area contributed by atoms with Crippen molar-refractivity contribution in [3.05, 3.63) is 34.3 Å². The number of aromatic carboxylic acids is 1. The van der Waals surface area contributed by atoms with Crippen molar-refractivity contribution in [3.63, 3.8) is 0 Å². The van der Waals surface area contributed by atoms with Crippen LogP contribution >= 0.6 is 11.3 Å². The summed E-state index contributed by atoms with van der Waals surface area (Å²) in [5.41, 5.74) is 1.04. The zero-order chi connectivity index (χ0) is 10.8. The molecule has 0 atom stereocenters. The number of carboxylic acid groups (broad SMARTS) is 1. The number of imidazole rings is 1. The van der Waals surface area contributed by atoms with Crippen LogP contribution < -0.4 is 0 Å². The molecule has 1 N–H and O–H groups in total. The lowest BCUT2D eigenvalue weighted by Crippen LogP contribution is -1.98. The fourth-order valence-corrected chi connectivity index (χ4v) is 1.97. The van der Waals surface area contributed by atoms with Crippen molar-refractivity contribution in [2.24, 2.45) is 0 Å². The van der Waals surface area contributed by atoms with Crippen molar-refractivity contribution in [3.8, 4) is 0 Å². The van der Waals surface area contributed by atoms with Gasteiger partial charge in [0.2, 0.25) is 0 Å². The Bertz CT molecular complexity index is 489. The normalized spacial score (nSPS) is 10.5. The second-order valence-corrected chi connectivity index (χ2v) is 4.06. The van der Waals surface area contributed by atoms with E-state index in [2.05, 4.69) is 9.97 Å². The van der Waals surface area contributed by atoms with Gasteiger partial charge in [-0.2, -0.15) is 0 Å². The van der Waals surface area contributed by atoms with Crippen LogP contribution in [-0.2, 0) is 6.54 Å². The fourth-order valence-electron chi connectivity index (χ4n) is 1.19. The molecular weight excluding hydrogens is 214 g/mol. The first-order valence-corrected chi connectivity index (χ1v) is 5.19. The lowest BCUT2D eigenvalue weighted by atomic mass is 10.5. The average Bonchev–Trinajstić information content (AvgIpc) is 2.76. The molecule has 2 aromatic heterocycles. The highest BCUT2D eigenvalue weighted by atomic mass is 32.1. The Morgan fingerprint density at radius 3 is 3.00 bits per heavy atom. The third-order valence-electron chi connectivity index (χ3n) is 1.84. The molecule has 0 fully saturated rings. The molecule has 0 radical (unpaired) electrons. The molecule has 15 heavy (non-hydrogen) atoms. The van der Waals surface area contributed by atoms with Gasteiger partial charge in [0.25, 0.3) is 0 Å². The number of hydrogen-bond acceptors (Lipinski definition) is 4. The standard InChI is InChI=1S/C9H9N3O2S/c1-6-4-15-8(11-6)3-12-2-7(9(13)14)10-5-12/h2,4-5H,3H2,1H3,(H,13,14). The van der Waals surface area contributed by atoms with Crippen molar-refractivity contribution in [2.75, 3.05) is 0 Å². The zero-order valence-corrected chi connectivity index (χ0v) is 8.86. The Balaban J connectivity index is 2.14. The minimum atomic E-state index is -1.01. The van der Waals surface area contributed by atoms with Crippen LogP contribution in [0, 0.1) is 6.92 Å². The van der Waals surface area contributed by atoms with Crippen molar-refractivity contribution in [2.45, 2.75) is 13.5 Å². The Morgan fingerprint density at radius 1 is 1.67 bits per heavy atom. The SMILES string of the molecule is Cc1csc(Cn2cnc(C(=O)O)c2)n1. The summed E-state index contributed by atoms with van der Waals surface area (Å²) in [6.07, 6.45) is 3.00. The van der Waals surface area contributed by atoms with Gasteiger partial charge in [-0.15, -0.1) is 11.3 Å². The van der Waals surface area contributed by atoms with Gasteiger partial charge in [-0.3, -0.25) is 0 Å². The van der Waals surface area contributed by atoms with E-state index in [0.717, 1.165) is 10.7 Å². The molecular formula is C9H9N3O2S. The average molecular weight is 223 g/mol. The highest BCUT2D eigenvalue weighted by Gasteiger charge is 2.07. The largest absolute Gasteiger partial charge is 0.476 e. The van der Waals surface area contributed by atoms with Gasteiger partial charge >= 0.3 is 5.97 Å². The summed E-state index contributed by atoms with van der Waals surface area (Å²) in [7, 11) is 0. The van der Waals surface area contributed by atoms with Gasteiger partial charge in [0.05, 0.1) is 12.9 Å². The first-order chi connectivity index (χ1) is 7.15. The van der Waals surface area contributed by atoms with E-state index in [4.69, 9.17) is 5.11 Å². The highest BCUT2D eigenvalue weighted by molar-refractivity contribution is 7.09. The summed E-state index contributed by atoms with van der Waals surface area (Å²) < 4.78 is 1.71. The molecule has 0 aromatic carbocycles. The minimum absolute atomic E-state index is 0.0586. The van der Waals surface area contributed by atoms with Crippen molar-refractivity contribution >= 4 is 17.3 Å². The molecule has 78 valence electrons. The maximum Gasteiger partial charge on any atom is 0.356 e. The van der Waals surface area contributed by atoms with Crippen LogP contribution in [0.3, 0.4) is 0 Å². The van der Waals surface area contributed by atoms with Crippen LogP contribution in [0.2, 0.25) is 0 Å². The van der Waals surface area contributed by atoms with E-state index < -0.39 is 5.97 Å². The fraction of sp³-hybridized carbons (Fsp3) is 0.222. The molecule has 0 aliphatic carbocycles. The molecule has 2 heterocycles. The van der Waals surface area contributed by atoms with Gasteiger partial charge in [0, 0.05) is 17.3 Å². The first kappa shape index (κ1) is 9.85. The summed E-state index contributed by atoms with van der Waals surface area (Å²) >= 11 is 1.55. The molecule has 6 heteroatoms. The van der Waals surface area contributed by atoms with Gasteiger partial charge in [-0.05, 0) is 6.92 Å². The number of aromatic nitrogens is 3. The van der Waals surface area contributed by atoms with E-state index in [-0.39, 0.29) is 5.69 Å². The van der Waals surface area contributed by atoms with E-state index in [0.29, 0.717) is 6.54 Å². The van der Waals surface area contributed by atoms with Crippen LogP contribution in [0.1, 0.15) is 21.2 Å². The Kier molecular flexibility index (Phi) is 2.51. The second kappa shape index (κ2) is 3.82. The summed E-state index contributed by atoms with van der Waals surface area (Å²) in [4.78, 5) is 18.6. The van der Waals surface area contributed by atoms with E-state index in [1.54, 1.807) is 15.9 Å². The number of nitrogens with zero attached hydrogens (tertiary/aromatic N) is 3. The molecule has 0 unspecified atom stereocenters. The first-order valence-electron chi connectivity index (χ1n) is 4.31. The van der Waals surface area contributed by atoms with Crippen LogP contribution in [-0.4, -0.2) is 25.6 Å². The maximum absolute atomic E-state index is 10.6. The molecule has 5 nitrogen and oxygen atoms in total. The smallest absolute Gasteiger partial charge is 0.356 e. The van der Waals surface area contributed by atoms with Gasteiger partial charge in [-0.25, -0.2) is 14.8 Å². The summed E-state index contributed by atoms with van der Waals surface area (Å²) in [5.74, 6) is -1.01. The third kappa shape index (κ3) is 2.21. The molecule has 0 amide bonds. The van der Waals surface area contributed by atoms with Crippen molar-refractivity contribution in [1.82, 2.24) is 14.5 Å². The number of carboxylic acids is 1. The van der Waals surface area contributed by atoms with Gasteiger partial charge in [0.15, 0.2) is 5.69 Å². The van der Waals surface area contributed by atoms with Crippen LogP contribution in [0.15, 0.2) is 17.9 Å². The second-order valence-electron chi connectivity index (χ2n) is 3.12. The Hall–Kier alpha value is -1.69. The van der Waals surface area contributed by atoms with Crippen molar-refractivity contribution < 1.29 is 9.90 Å². The van der Waals surface area contributed by atoms with Gasteiger partial charge in [0.1, 0.15) is 5.01 Å². The molecule has 0 spiro atoms. The minimum Gasteiger partial charge on any atom is -0.476 e. The monoisotopic (exact) mass is 223 g/mol. The summed E-state index contributed by atoms with van der Waals surface area (Å²) in [6, 6.07) is 0. The number of aryl methyl sites for hydroxylation is 1. The number of hydrogen-bond donors (Lipinski definition) is 1. The van der Waals surface area contributed by atoms with E-state index in [1.165, 1.54) is 12.5 Å². The highest BCUT2D eigenvalue weighted by Crippen LogP contribution is 2.10. The summed E-state index contributed by atoms with van der Waals surface area (Å²) in [6.45, 7) is 2.50. The number of rotatable bonds is 3. The molecule has 0 bridgehead atoms. The van der Waals surface area contributed by atoms with E-state index in [9.17, 15) is 4.79 Å². The molecule has 0 saturated carbocycles. The van der Waals surface area contributed by atoms with E-state index >= 15 is 0 Å². The van der Waals surface area contributed by atoms with Gasteiger partial charge < -0.3 is 9.67 Å². The maximum atomic E-state index is 10.6. The lowest BCUT2D eigenvalue weighted by molar-refractivity contribution is 0.0691. The predicted octanol–water partition coefficient (Wildman–Crippen LogP) is 1.39. The summed E-state index contributed by atoms with van der Waals surface area (Å²) in [5, 5.41) is 11.6. The van der Waals surface area contributed by atoms with Crippen LogP contribution in [0.4, 0.5) is 0 Å². The lowest BCUT2D eigenvalue weighted by Gasteiger charge is -1.95. The topological polar surface area (TPSA) is 68.0 Å². The van der Waals surface area contributed by atoms with Crippen LogP contribution in [0.5, 0.6) is 0 Å². The quantitative estimate of drug-likeness (QED) is 0.853. The number of thiazole rings is 1. The molecule has 0 aliphatic heterocycles. The van der Waals surface area contributed by atoms with Gasteiger partial charge in [-0.1, -0.05) is 0 Å². The molecule has 2 rings (SSSR count). The van der Waals surface area contributed by atoms with Crippen LogP contribution in [0.25, 0.3) is 0 Å². The third-order valence-corrected chi connectivity index (χ3v) is 2.79. The predicted molar refractivity (Wildman–Crippen MR) is 55.1 cm³/mol. The molecule has 0 saturated heterocycles. The molecule has 0 aliphatic rings. The Labute approximate surface area is 90.0 Å². The zero-order valence-electron chi connectivity index (χ0n) is 8.04. The van der Waals surface area contributed by atoms with E-state index in [1.807, 2.05) is 12.3 Å². The number of carbonyl (C=O) groups is 1.